The molecule has 6 nitrogen and oxygen atoms in total. The summed E-state index contributed by atoms with van der Waals surface area (Å²) in [6.45, 7) is 4.12. The molecule has 1 aromatic carbocycles. The van der Waals surface area contributed by atoms with Crippen molar-refractivity contribution in [2.75, 3.05) is 26.7 Å². The van der Waals surface area contributed by atoms with E-state index in [4.69, 9.17) is 4.74 Å². The molecule has 2 rings (SSSR count). The number of hydrogen-bond donors (Lipinski definition) is 1. The number of nitrogens with one attached hydrogen (secondary N) is 1. The number of benzene rings is 1. The van der Waals surface area contributed by atoms with Gasteiger partial charge in [-0.25, -0.2) is 9.59 Å². The topological polar surface area (TPSA) is 67.9 Å². The van der Waals surface area contributed by atoms with Crippen LogP contribution in [0.2, 0.25) is 0 Å². The van der Waals surface area contributed by atoms with Crippen molar-refractivity contribution in [2.45, 2.75) is 13.0 Å². The molecule has 1 aliphatic rings. The van der Waals surface area contributed by atoms with E-state index in [1.54, 1.807) is 29.2 Å². The van der Waals surface area contributed by atoms with E-state index in [-0.39, 0.29) is 12.1 Å². The van der Waals surface area contributed by atoms with Gasteiger partial charge in [-0.3, -0.25) is 0 Å². The molecule has 0 bridgehead atoms. The maximum Gasteiger partial charge on any atom is 0.415 e. The van der Waals surface area contributed by atoms with E-state index in [0.29, 0.717) is 17.9 Å². The Balaban J connectivity index is 1.99. The second-order valence-electron chi connectivity index (χ2n) is 4.63. The van der Waals surface area contributed by atoms with Crippen molar-refractivity contribution in [3.63, 3.8) is 0 Å². The maximum absolute atomic E-state index is 12.0. The molecule has 0 radical (unpaired) electrons. The quantitative estimate of drug-likeness (QED) is 0.825. The number of carbonyl (C=O) groups is 2. The molecule has 1 aromatic rings. The smallest absolute Gasteiger partial charge is 0.415 e. The molecule has 1 N–H and O–H groups in total. The van der Waals surface area contributed by atoms with Crippen LogP contribution in [0, 0.1) is 0 Å². The van der Waals surface area contributed by atoms with Gasteiger partial charge in [-0.1, -0.05) is 0 Å². The second kappa shape index (κ2) is 6.38. The van der Waals surface area contributed by atoms with Crippen molar-refractivity contribution in [3.05, 3.63) is 29.8 Å². The normalized spacial score (nSPS) is 18.5. The Morgan fingerprint density at radius 2 is 2.00 bits per heavy atom. The number of amides is 1. The van der Waals surface area contributed by atoms with Gasteiger partial charge in [0.15, 0.2) is 0 Å². The Kier molecular flexibility index (Phi) is 4.57. The highest BCUT2D eigenvalue weighted by Gasteiger charge is 2.24. The lowest BCUT2D eigenvalue weighted by Crippen LogP contribution is -2.53. The van der Waals surface area contributed by atoms with Crippen molar-refractivity contribution in [2.24, 2.45) is 0 Å². The average molecular weight is 278 g/mol. The van der Waals surface area contributed by atoms with Crippen LogP contribution in [0.4, 0.5) is 4.79 Å². The Bertz CT molecular complexity index is 486. The lowest BCUT2D eigenvalue weighted by atomic mass is 10.2. The molecule has 20 heavy (non-hydrogen) atoms. The van der Waals surface area contributed by atoms with Gasteiger partial charge in [-0.15, -0.1) is 0 Å². The molecule has 1 atom stereocenters. The minimum absolute atomic E-state index is 0.102. The van der Waals surface area contributed by atoms with Gasteiger partial charge in [0, 0.05) is 25.7 Å². The van der Waals surface area contributed by atoms with E-state index >= 15 is 0 Å². The summed E-state index contributed by atoms with van der Waals surface area (Å²) in [5.41, 5.74) is 0.419. The van der Waals surface area contributed by atoms with Crippen LogP contribution in [-0.2, 0) is 4.74 Å². The summed E-state index contributed by atoms with van der Waals surface area (Å²) in [7, 11) is 1.32. The van der Waals surface area contributed by atoms with E-state index in [9.17, 15) is 9.59 Å². The van der Waals surface area contributed by atoms with Crippen molar-refractivity contribution >= 4 is 12.1 Å². The summed E-state index contributed by atoms with van der Waals surface area (Å²) in [5.74, 6) is -0.00742. The summed E-state index contributed by atoms with van der Waals surface area (Å²) in [6, 6.07) is 6.39. The first-order chi connectivity index (χ1) is 9.61. The number of nitrogens with zero attached hydrogens (tertiary/aromatic N) is 1. The molecule has 1 amide bonds. The Labute approximate surface area is 117 Å². The molecule has 0 spiro atoms. The fraction of sp³-hybridized carbons (Fsp3) is 0.429. The van der Waals surface area contributed by atoms with E-state index in [1.807, 2.05) is 6.92 Å². The fourth-order valence-corrected chi connectivity index (χ4v) is 2.05. The van der Waals surface area contributed by atoms with Gasteiger partial charge >= 0.3 is 12.1 Å². The molecule has 0 saturated carbocycles. The second-order valence-corrected chi connectivity index (χ2v) is 4.63. The lowest BCUT2D eigenvalue weighted by Gasteiger charge is -2.32. The summed E-state index contributed by atoms with van der Waals surface area (Å²) >= 11 is 0. The predicted octanol–water partition coefficient (Wildman–Crippen LogP) is 1.27. The van der Waals surface area contributed by atoms with Crippen molar-refractivity contribution < 1.29 is 19.1 Å². The molecule has 1 fully saturated rings. The van der Waals surface area contributed by atoms with Crippen LogP contribution in [0.15, 0.2) is 24.3 Å². The van der Waals surface area contributed by atoms with Crippen LogP contribution in [0.3, 0.4) is 0 Å². The van der Waals surface area contributed by atoms with E-state index < -0.39 is 5.97 Å². The SMILES string of the molecule is COC(=O)c1ccc(OC(=O)N2CCNCC2C)cc1. The van der Waals surface area contributed by atoms with Gasteiger partial charge in [-0.2, -0.15) is 0 Å². The van der Waals surface area contributed by atoms with Gasteiger partial charge in [0.2, 0.25) is 0 Å². The van der Waals surface area contributed by atoms with Crippen molar-refractivity contribution in [1.29, 1.82) is 0 Å². The number of piperazine rings is 1. The first-order valence-corrected chi connectivity index (χ1v) is 6.49. The zero-order chi connectivity index (χ0) is 14.5. The number of rotatable bonds is 2. The van der Waals surface area contributed by atoms with Gasteiger partial charge < -0.3 is 19.7 Å². The van der Waals surface area contributed by atoms with Crippen molar-refractivity contribution in [1.82, 2.24) is 10.2 Å². The van der Waals surface area contributed by atoms with Gasteiger partial charge in [-0.05, 0) is 31.2 Å². The molecule has 1 heterocycles. The van der Waals surface area contributed by atoms with E-state index in [2.05, 4.69) is 10.1 Å². The van der Waals surface area contributed by atoms with Crippen LogP contribution in [-0.4, -0.2) is 49.7 Å². The average Bonchev–Trinajstić information content (AvgIpc) is 2.47. The highest BCUT2D eigenvalue weighted by atomic mass is 16.6. The predicted molar refractivity (Wildman–Crippen MR) is 72.8 cm³/mol. The van der Waals surface area contributed by atoms with Gasteiger partial charge in [0.05, 0.1) is 12.7 Å². The Morgan fingerprint density at radius 3 is 2.60 bits per heavy atom. The van der Waals surface area contributed by atoms with Crippen LogP contribution in [0.5, 0.6) is 5.75 Å². The first-order valence-electron chi connectivity index (χ1n) is 6.49. The standard InChI is InChI=1S/C14H18N2O4/c1-10-9-15-7-8-16(10)14(18)20-12-5-3-11(4-6-12)13(17)19-2/h3-6,10,15H,7-9H2,1-2H3. The molecule has 1 saturated heterocycles. The molecule has 0 aliphatic carbocycles. The third-order valence-electron chi connectivity index (χ3n) is 3.22. The molecule has 1 aliphatic heterocycles. The van der Waals surface area contributed by atoms with Gasteiger partial charge in [0.1, 0.15) is 5.75 Å². The highest BCUT2D eigenvalue weighted by Crippen LogP contribution is 2.15. The van der Waals surface area contributed by atoms with E-state index in [0.717, 1.165) is 13.1 Å². The molecular weight excluding hydrogens is 260 g/mol. The number of ether oxygens (including phenoxy) is 2. The number of methoxy groups -OCH3 is 1. The molecule has 0 aromatic heterocycles. The molecular formula is C14H18N2O4. The summed E-state index contributed by atoms with van der Waals surface area (Å²) in [6.07, 6.45) is -0.371. The third-order valence-corrected chi connectivity index (χ3v) is 3.22. The zero-order valence-corrected chi connectivity index (χ0v) is 11.6. The van der Waals surface area contributed by atoms with Crippen LogP contribution in [0.25, 0.3) is 0 Å². The Hall–Kier alpha value is -2.08. The third kappa shape index (κ3) is 3.27. The summed E-state index contributed by atoms with van der Waals surface area (Å²) < 4.78 is 9.90. The summed E-state index contributed by atoms with van der Waals surface area (Å²) in [5, 5.41) is 3.21. The molecule has 1 unspecified atom stereocenters. The summed E-state index contributed by atoms with van der Waals surface area (Å²) in [4.78, 5) is 25.0. The monoisotopic (exact) mass is 278 g/mol. The number of hydrogen-bond acceptors (Lipinski definition) is 5. The number of carbonyl (C=O) groups excluding carboxylic acids is 2. The van der Waals surface area contributed by atoms with Crippen LogP contribution in [0.1, 0.15) is 17.3 Å². The van der Waals surface area contributed by atoms with Gasteiger partial charge in [0.25, 0.3) is 0 Å². The lowest BCUT2D eigenvalue weighted by molar-refractivity contribution is 0.0600. The Morgan fingerprint density at radius 1 is 1.30 bits per heavy atom. The van der Waals surface area contributed by atoms with E-state index in [1.165, 1.54) is 7.11 Å². The fourth-order valence-electron chi connectivity index (χ4n) is 2.05. The minimum atomic E-state index is -0.418. The largest absolute Gasteiger partial charge is 0.465 e. The van der Waals surface area contributed by atoms with Crippen molar-refractivity contribution in [3.8, 4) is 5.75 Å². The first kappa shape index (κ1) is 14.3. The maximum atomic E-state index is 12.0. The minimum Gasteiger partial charge on any atom is -0.465 e. The van der Waals surface area contributed by atoms with Crippen LogP contribution < -0.4 is 10.1 Å². The number of esters is 1. The molecule has 6 heteroatoms. The zero-order valence-electron chi connectivity index (χ0n) is 11.6. The highest BCUT2D eigenvalue weighted by molar-refractivity contribution is 5.89. The van der Waals surface area contributed by atoms with Crippen LogP contribution >= 0.6 is 0 Å². The molecule has 108 valence electrons.